The molecule has 2 fully saturated rings. The Hall–Kier alpha value is -1.11. The van der Waals surface area contributed by atoms with Gasteiger partial charge in [-0.3, -0.25) is 4.79 Å². The zero-order chi connectivity index (χ0) is 20.8. The summed E-state index contributed by atoms with van der Waals surface area (Å²) in [6, 6.07) is 0. The van der Waals surface area contributed by atoms with E-state index >= 15 is 0 Å². The van der Waals surface area contributed by atoms with Gasteiger partial charge in [-0.1, -0.05) is 58.8 Å². The van der Waals surface area contributed by atoms with Crippen LogP contribution in [0, 0.1) is 46.3 Å². The summed E-state index contributed by atoms with van der Waals surface area (Å²) in [6.07, 6.45) is 20.3. The molecule has 0 aromatic heterocycles. The molecule has 8 atom stereocenters. The van der Waals surface area contributed by atoms with Crippen molar-refractivity contribution >= 4 is 5.78 Å². The Morgan fingerprint density at radius 1 is 1.14 bits per heavy atom. The van der Waals surface area contributed by atoms with E-state index in [0.717, 1.165) is 42.4 Å². The van der Waals surface area contributed by atoms with Crippen LogP contribution in [0.3, 0.4) is 0 Å². The first-order valence-corrected chi connectivity index (χ1v) is 12.4. The molecule has 0 spiro atoms. The largest absolute Gasteiger partial charge is 0.295 e. The fourth-order valence-corrected chi connectivity index (χ4v) is 8.05. The molecule has 5 unspecified atom stereocenters. The van der Waals surface area contributed by atoms with Gasteiger partial charge in [0.25, 0.3) is 0 Å². The quantitative estimate of drug-likeness (QED) is 0.425. The molecule has 4 aliphatic rings. The Morgan fingerprint density at radius 3 is 2.69 bits per heavy atom. The lowest BCUT2D eigenvalue weighted by Crippen LogP contribution is -2.49. The maximum atomic E-state index is 12.0. The van der Waals surface area contributed by atoms with Gasteiger partial charge in [0, 0.05) is 6.42 Å². The Labute approximate surface area is 179 Å². The third-order valence-electron chi connectivity index (χ3n) is 10.00. The van der Waals surface area contributed by atoms with Crippen molar-refractivity contribution in [1.82, 2.24) is 0 Å². The monoisotopic (exact) mass is 394 g/mol. The summed E-state index contributed by atoms with van der Waals surface area (Å²) in [4.78, 5) is 12.0. The fourth-order valence-electron chi connectivity index (χ4n) is 8.05. The van der Waals surface area contributed by atoms with Crippen molar-refractivity contribution in [2.24, 2.45) is 46.3 Å². The summed E-state index contributed by atoms with van der Waals surface area (Å²) in [7, 11) is 0. The number of fused-ring (bicyclic) bond motifs is 5. The van der Waals surface area contributed by atoms with Crippen LogP contribution in [0.4, 0.5) is 0 Å². The molecule has 0 aliphatic heterocycles. The van der Waals surface area contributed by atoms with E-state index in [0.29, 0.717) is 17.1 Å². The third-order valence-corrected chi connectivity index (χ3v) is 10.00. The number of rotatable bonds is 6. The maximum absolute atomic E-state index is 12.0. The highest BCUT2D eigenvalue weighted by atomic mass is 16.1. The van der Waals surface area contributed by atoms with Crippen LogP contribution in [0.25, 0.3) is 0 Å². The average Bonchev–Trinajstić information content (AvgIpc) is 3.05. The lowest BCUT2D eigenvalue weighted by atomic mass is 9.48. The molecule has 0 amide bonds. The molecule has 1 heteroatoms. The van der Waals surface area contributed by atoms with Crippen LogP contribution in [0.2, 0.25) is 0 Å². The van der Waals surface area contributed by atoms with Crippen molar-refractivity contribution < 1.29 is 4.79 Å². The van der Waals surface area contributed by atoms with Crippen LogP contribution in [0.15, 0.2) is 36.5 Å². The molecule has 160 valence electrons. The summed E-state index contributed by atoms with van der Waals surface area (Å²) in [5.41, 5.74) is 2.08. The first-order chi connectivity index (χ1) is 13.8. The minimum absolute atomic E-state index is 0.235. The molecule has 0 N–H and O–H groups in total. The summed E-state index contributed by atoms with van der Waals surface area (Å²) >= 11 is 0. The predicted octanol–water partition coefficient (Wildman–Crippen LogP) is 7.54. The van der Waals surface area contributed by atoms with Gasteiger partial charge in [-0.25, -0.2) is 0 Å². The van der Waals surface area contributed by atoms with E-state index in [1.54, 1.807) is 0 Å². The maximum Gasteiger partial charge on any atom is 0.156 e. The minimum atomic E-state index is 0.235. The van der Waals surface area contributed by atoms with Crippen molar-refractivity contribution in [2.75, 3.05) is 0 Å². The number of hydrogen-bond donors (Lipinski definition) is 0. The Bertz CT molecular complexity index is 714. The van der Waals surface area contributed by atoms with Crippen molar-refractivity contribution in [1.29, 1.82) is 0 Å². The van der Waals surface area contributed by atoms with E-state index in [1.165, 1.54) is 50.5 Å². The second kappa shape index (κ2) is 7.86. The molecule has 1 nitrogen and oxygen atoms in total. The Kier molecular flexibility index (Phi) is 5.73. The van der Waals surface area contributed by atoms with Gasteiger partial charge in [0.2, 0.25) is 0 Å². The molecule has 0 saturated heterocycles. The van der Waals surface area contributed by atoms with Crippen molar-refractivity contribution in [2.45, 2.75) is 85.5 Å². The van der Waals surface area contributed by atoms with Crippen LogP contribution in [-0.4, -0.2) is 5.78 Å². The highest BCUT2D eigenvalue weighted by molar-refractivity contribution is 5.92. The van der Waals surface area contributed by atoms with Crippen LogP contribution in [-0.2, 0) is 4.79 Å². The highest BCUT2D eigenvalue weighted by Gasteiger charge is 2.58. The molecule has 4 aliphatic carbocycles. The summed E-state index contributed by atoms with van der Waals surface area (Å²) in [5, 5.41) is 0. The molecule has 29 heavy (non-hydrogen) atoms. The zero-order valence-corrected chi connectivity index (χ0v) is 19.3. The number of hydrogen-bond acceptors (Lipinski definition) is 1. The molecule has 0 radical (unpaired) electrons. The molecular formula is C28H42O. The molecule has 0 bridgehead atoms. The summed E-state index contributed by atoms with van der Waals surface area (Å²) in [5.74, 6) is 5.02. The van der Waals surface area contributed by atoms with Crippen LogP contribution in [0.5, 0.6) is 0 Å². The lowest BCUT2D eigenvalue weighted by molar-refractivity contribution is -0.116. The average molecular weight is 395 g/mol. The lowest BCUT2D eigenvalue weighted by Gasteiger charge is -2.56. The van der Waals surface area contributed by atoms with Gasteiger partial charge in [-0.05, 0) is 96.5 Å². The van der Waals surface area contributed by atoms with E-state index in [1.807, 2.05) is 6.08 Å². The van der Waals surface area contributed by atoms with Gasteiger partial charge < -0.3 is 0 Å². The van der Waals surface area contributed by atoms with E-state index in [4.69, 9.17) is 0 Å². The van der Waals surface area contributed by atoms with Gasteiger partial charge in [0.15, 0.2) is 5.78 Å². The van der Waals surface area contributed by atoms with E-state index in [-0.39, 0.29) is 5.41 Å². The first-order valence-electron chi connectivity index (χ1n) is 12.4. The Morgan fingerprint density at radius 2 is 1.93 bits per heavy atom. The predicted molar refractivity (Wildman–Crippen MR) is 122 cm³/mol. The number of carbonyl (C=O) groups is 1. The van der Waals surface area contributed by atoms with Gasteiger partial charge in [-0.2, -0.15) is 0 Å². The molecule has 0 aromatic carbocycles. The molecule has 0 heterocycles. The fraction of sp³-hybridized carbons (Fsp3) is 0.750. The van der Waals surface area contributed by atoms with Crippen molar-refractivity contribution in [3.8, 4) is 0 Å². The highest BCUT2D eigenvalue weighted by Crippen LogP contribution is 2.66. The first kappa shape index (κ1) is 21.1. The van der Waals surface area contributed by atoms with Gasteiger partial charge in [0.1, 0.15) is 0 Å². The van der Waals surface area contributed by atoms with Crippen molar-refractivity contribution in [3.63, 3.8) is 0 Å². The smallest absolute Gasteiger partial charge is 0.156 e. The van der Waals surface area contributed by atoms with Gasteiger partial charge >= 0.3 is 0 Å². The second-order valence-corrected chi connectivity index (χ2v) is 11.5. The SMILES string of the molecule is C=CC(C)CCCC(C)[C@H]1CCC2C3C=CC4=CC(=O)CC[C@]4(C)C3CC[C@@]21C. The number of carbonyl (C=O) groups excluding carboxylic acids is 1. The molecule has 2 saturated carbocycles. The number of allylic oxidation sites excluding steroid dienone is 5. The van der Waals surface area contributed by atoms with Gasteiger partial charge in [-0.15, -0.1) is 6.58 Å². The summed E-state index contributed by atoms with van der Waals surface area (Å²) in [6.45, 7) is 13.9. The van der Waals surface area contributed by atoms with Crippen molar-refractivity contribution in [3.05, 3.63) is 36.5 Å². The van der Waals surface area contributed by atoms with Gasteiger partial charge in [0.05, 0.1) is 0 Å². The standard InChI is InChI=1S/C28H42O/c1-6-19(2)8-7-9-20(3)24-12-13-25-23-11-10-21-18-22(29)14-16-27(21,4)26(23)15-17-28(24,25)5/h6,10-11,18-20,23-26H,1,7-9,12-17H2,2-5H3/t19?,20?,23?,24-,25?,26?,27+,28-/m1/s1. The number of ketones is 1. The van der Waals surface area contributed by atoms with E-state index in [2.05, 4.69) is 52.5 Å². The normalized spacial score (nSPS) is 43.0. The van der Waals surface area contributed by atoms with Crippen LogP contribution >= 0.6 is 0 Å². The second-order valence-electron chi connectivity index (χ2n) is 11.5. The third kappa shape index (κ3) is 3.51. The van der Waals surface area contributed by atoms with Crippen LogP contribution in [0.1, 0.15) is 85.5 Å². The van der Waals surface area contributed by atoms with Crippen LogP contribution < -0.4 is 0 Å². The molecular weight excluding hydrogens is 352 g/mol. The molecule has 4 rings (SSSR count). The summed E-state index contributed by atoms with van der Waals surface area (Å²) < 4.78 is 0. The zero-order valence-electron chi connectivity index (χ0n) is 19.3. The van der Waals surface area contributed by atoms with E-state index < -0.39 is 0 Å². The molecule has 0 aromatic rings. The topological polar surface area (TPSA) is 17.1 Å². The minimum Gasteiger partial charge on any atom is -0.295 e. The Balaban J connectivity index is 1.50. The van der Waals surface area contributed by atoms with E-state index in [9.17, 15) is 4.79 Å².